The summed E-state index contributed by atoms with van der Waals surface area (Å²) in [5, 5.41) is 0. The number of rotatable bonds is 4. The molecule has 0 fully saturated rings. The van der Waals surface area contributed by atoms with Crippen molar-refractivity contribution in [3.63, 3.8) is 0 Å². The van der Waals surface area contributed by atoms with E-state index in [0.717, 1.165) is 28.8 Å². The molecule has 2 N–H and O–H groups in total. The summed E-state index contributed by atoms with van der Waals surface area (Å²) >= 11 is 0. The highest BCUT2D eigenvalue weighted by atomic mass is 14.7. The van der Waals surface area contributed by atoms with Gasteiger partial charge in [-0.05, 0) is 42.8 Å². The van der Waals surface area contributed by atoms with Gasteiger partial charge in [0.2, 0.25) is 0 Å². The molecule has 22 heavy (non-hydrogen) atoms. The third kappa shape index (κ3) is 6.46. The first kappa shape index (κ1) is 19.7. The number of hydrogen-bond donors (Lipinski definition) is 1. The Balaban J connectivity index is 0.00000102. The minimum Gasteiger partial charge on any atom is -0.333 e. The van der Waals surface area contributed by atoms with Gasteiger partial charge in [-0.25, -0.2) is 0 Å². The summed E-state index contributed by atoms with van der Waals surface area (Å²) in [4.78, 5) is 8.34. The van der Waals surface area contributed by atoms with Crippen molar-refractivity contribution in [1.29, 1.82) is 0 Å². The van der Waals surface area contributed by atoms with E-state index in [1.54, 1.807) is 12.4 Å². The summed E-state index contributed by atoms with van der Waals surface area (Å²) in [7, 11) is 1.50. The number of aliphatic imine (C=N–C) groups is 1. The maximum Gasteiger partial charge on any atom is 0.0626 e. The van der Waals surface area contributed by atoms with Gasteiger partial charge in [-0.15, -0.1) is 0 Å². The van der Waals surface area contributed by atoms with Gasteiger partial charge in [0, 0.05) is 24.2 Å². The molecule has 0 bridgehead atoms. The van der Waals surface area contributed by atoms with Crippen LogP contribution in [0.3, 0.4) is 0 Å². The van der Waals surface area contributed by atoms with E-state index in [2.05, 4.69) is 41.3 Å². The number of hydrogen-bond acceptors (Lipinski definition) is 3. The van der Waals surface area contributed by atoms with Crippen molar-refractivity contribution in [1.82, 2.24) is 4.98 Å². The van der Waals surface area contributed by atoms with E-state index < -0.39 is 0 Å². The molecule has 0 aliphatic carbocycles. The van der Waals surface area contributed by atoms with E-state index in [1.807, 2.05) is 44.3 Å². The van der Waals surface area contributed by atoms with E-state index in [0.29, 0.717) is 0 Å². The molecule has 0 saturated carbocycles. The molecule has 0 amide bonds. The molecular formula is C19H27N3. The fourth-order valence-electron chi connectivity index (χ4n) is 1.70. The van der Waals surface area contributed by atoms with Crippen molar-refractivity contribution in [2.24, 2.45) is 10.7 Å². The average molecular weight is 297 g/mol. The number of nitrogens with two attached hydrogens (primary N) is 1. The molecule has 0 aliphatic rings. The zero-order chi connectivity index (χ0) is 16.8. The van der Waals surface area contributed by atoms with Crippen molar-refractivity contribution in [3.8, 4) is 11.1 Å². The van der Waals surface area contributed by atoms with E-state index in [1.165, 1.54) is 7.05 Å². The lowest BCUT2D eigenvalue weighted by atomic mass is 10.0. The van der Waals surface area contributed by atoms with Crippen LogP contribution in [0.25, 0.3) is 16.8 Å². The van der Waals surface area contributed by atoms with Crippen molar-refractivity contribution in [2.45, 2.75) is 27.2 Å². The molecule has 0 saturated heterocycles. The summed E-state index contributed by atoms with van der Waals surface area (Å²) in [6, 6.07) is 12.2. The van der Waals surface area contributed by atoms with Crippen LogP contribution in [-0.4, -0.2) is 18.2 Å². The van der Waals surface area contributed by atoms with Gasteiger partial charge >= 0.3 is 0 Å². The van der Waals surface area contributed by atoms with Crippen LogP contribution in [0.1, 0.15) is 32.8 Å². The van der Waals surface area contributed by atoms with Crippen LogP contribution in [0, 0.1) is 0 Å². The Labute approximate surface area is 134 Å². The second kappa shape index (κ2) is 12.5. The Morgan fingerprint density at radius 1 is 1.14 bits per heavy atom. The standard InChI is InChI=1S/C16H16N2.C2H6.CH5N/c1-3-9-18-13(2)15-5-4-6-16(12-15)14-7-10-17-11-8-14;2*1-2/h4-12H,2-3H2,1H3;1-2H3;2H2,1H3. The van der Waals surface area contributed by atoms with Crippen LogP contribution in [0.2, 0.25) is 0 Å². The Kier molecular flexibility index (Phi) is 11.2. The second-order valence-electron chi connectivity index (χ2n) is 3.98. The van der Waals surface area contributed by atoms with Crippen molar-refractivity contribution < 1.29 is 0 Å². The minimum absolute atomic E-state index is 0.799. The molecule has 3 heteroatoms. The van der Waals surface area contributed by atoms with Crippen LogP contribution in [0.4, 0.5) is 0 Å². The summed E-state index contributed by atoms with van der Waals surface area (Å²) in [6.07, 6.45) is 6.39. The monoisotopic (exact) mass is 297 g/mol. The lowest BCUT2D eigenvalue weighted by Gasteiger charge is -2.05. The lowest BCUT2D eigenvalue weighted by molar-refractivity contribution is 1.31. The van der Waals surface area contributed by atoms with Gasteiger partial charge < -0.3 is 5.73 Å². The maximum absolute atomic E-state index is 4.50. The highest BCUT2D eigenvalue weighted by Gasteiger charge is 2.00. The smallest absolute Gasteiger partial charge is 0.0626 e. The second-order valence-corrected chi connectivity index (χ2v) is 3.98. The van der Waals surface area contributed by atoms with E-state index in [4.69, 9.17) is 0 Å². The number of nitrogens with zero attached hydrogens (tertiary/aromatic N) is 2. The molecular weight excluding hydrogens is 270 g/mol. The predicted octanol–water partition coefficient (Wildman–Crippen LogP) is 4.80. The van der Waals surface area contributed by atoms with Crippen molar-refractivity contribution in [3.05, 3.63) is 60.9 Å². The molecule has 3 nitrogen and oxygen atoms in total. The predicted molar refractivity (Wildman–Crippen MR) is 98.9 cm³/mol. The first-order valence-electron chi connectivity index (χ1n) is 7.61. The van der Waals surface area contributed by atoms with Gasteiger partial charge in [-0.3, -0.25) is 9.98 Å². The summed E-state index contributed by atoms with van der Waals surface area (Å²) in [5.74, 6) is 0. The topological polar surface area (TPSA) is 51.3 Å². The molecule has 0 aliphatic heterocycles. The van der Waals surface area contributed by atoms with Crippen LogP contribution >= 0.6 is 0 Å². The fraction of sp³-hybridized carbons (Fsp3) is 0.263. The van der Waals surface area contributed by atoms with Gasteiger partial charge in [0.25, 0.3) is 0 Å². The molecule has 0 unspecified atom stereocenters. The van der Waals surface area contributed by atoms with Gasteiger partial charge in [0.1, 0.15) is 0 Å². The number of aromatic nitrogens is 1. The largest absolute Gasteiger partial charge is 0.333 e. The van der Waals surface area contributed by atoms with Crippen LogP contribution in [-0.2, 0) is 0 Å². The van der Waals surface area contributed by atoms with Gasteiger partial charge in [-0.2, -0.15) is 0 Å². The Morgan fingerprint density at radius 3 is 2.36 bits per heavy atom. The molecule has 2 rings (SSSR count). The average Bonchev–Trinajstić information content (AvgIpc) is 2.64. The highest BCUT2D eigenvalue weighted by Crippen LogP contribution is 2.23. The number of benzene rings is 1. The van der Waals surface area contributed by atoms with E-state index in [9.17, 15) is 0 Å². The summed E-state index contributed by atoms with van der Waals surface area (Å²) in [5.41, 5.74) is 8.66. The quantitative estimate of drug-likeness (QED) is 0.824. The first-order valence-corrected chi connectivity index (χ1v) is 7.61. The van der Waals surface area contributed by atoms with Crippen molar-refractivity contribution in [2.75, 3.05) is 7.05 Å². The molecule has 0 spiro atoms. The zero-order valence-corrected chi connectivity index (χ0v) is 14.1. The Morgan fingerprint density at radius 2 is 1.77 bits per heavy atom. The Hall–Kier alpha value is -2.26. The number of pyridine rings is 1. The van der Waals surface area contributed by atoms with Crippen molar-refractivity contribution >= 4 is 11.9 Å². The molecule has 1 aromatic carbocycles. The van der Waals surface area contributed by atoms with E-state index >= 15 is 0 Å². The third-order valence-electron chi connectivity index (χ3n) is 2.64. The Bertz CT molecular complexity index is 560. The molecule has 2 aromatic rings. The normalized spacial score (nSPS) is 9.32. The fourth-order valence-corrected chi connectivity index (χ4v) is 1.70. The molecule has 0 atom stereocenters. The van der Waals surface area contributed by atoms with Crippen LogP contribution in [0.5, 0.6) is 0 Å². The van der Waals surface area contributed by atoms with Crippen LogP contribution < -0.4 is 5.73 Å². The first-order chi connectivity index (χ1) is 10.8. The molecule has 0 radical (unpaired) electrons. The summed E-state index contributed by atoms with van der Waals surface area (Å²) in [6.45, 7) is 10.0. The summed E-state index contributed by atoms with van der Waals surface area (Å²) < 4.78 is 0. The van der Waals surface area contributed by atoms with E-state index in [-0.39, 0.29) is 0 Å². The molecule has 1 heterocycles. The van der Waals surface area contributed by atoms with Crippen LogP contribution in [0.15, 0.2) is 60.4 Å². The highest BCUT2D eigenvalue weighted by molar-refractivity contribution is 5.75. The third-order valence-corrected chi connectivity index (χ3v) is 2.64. The lowest BCUT2D eigenvalue weighted by Crippen LogP contribution is -1.84. The van der Waals surface area contributed by atoms with Gasteiger partial charge in [0.15, 0.2) is 0 Å². The molecule has 1 aromatic heterocycles. The van der Waals surface area contributed by atoms with Gasteiger partial charge in [-0.1, -0.05) is 45.5 Å². The maximum atomic E-state index is 4.50. The molecule has 118 valence electrons. The zero-order valence-electron chi connectivity index (χ0n) is 14.1. The minimum atomic E-state index is 0.799. The SMILES string of the molecule is C=C(N=CCC)c1cccc(-c2ccncc2)c1.CC.CN. The van der Waals surface area contributed by atoms with Gasteiger partial charge in [0.05, 0.1) is 5.70 Å².